The second kappa shape index (κ2) is 5.37. The molecule has 4 heteroatoms. The lowest BCUT2D eigenvalue weighted by molar-refractivity contribution is 0.800. The molecule has 0 unspecified atom stereocenters. The molecule has 0 atom stereocenters. The Hall–Kier alpha value is -0.770. The highest BCUT2D eigenvalue weighted by atomic mass is 32.1. The van der Waals surface area contributed by atoms with E-state index in [1.807, 2.05) is 19.2 Å². The molecule has 0 aliphatic rings. The maximum atomic E-state index is 5.13. The van der Waals surface area contributed by atoms with Gasteiger partial charge in [0, 0.05) is 0 Å². The third-order valence-electron chi connectivity index (χ3n) is 0.649. The zero-order valence-corrected chi connectivity index (χ0v) is 6.16. The zero-order chi connectivity index (χ0) is 7.11. The highest BCUT2D eigenvalue weighted by Gasteiger charge is 1.79. The molecule has 0 aliphatic heterocycles. The van der Waals surface area contributed by atoms with E-state index in [1.165, 1.54) is 0 Å². The van der Waals surface area contributed by atoms with E-state index in [2.05, 4.69) is 22.9 Å². The summed E-state index contributed by atoms with van der Waals surface area (Å²) in [4.78, 5) is 0. The molecule has 9 heavy (non-hydrogen) atoms. The SMILES string of the molecule is C/C=C/NCNC(N)=S. The summed E-state index contributed by atoms with van der Waals surface area (Å²) in [5.74, 6) is 0. The van der Waals surface area contributed by atoms with Crippen molar-refractivity contribution in [3.63, 3.8) is 0 Å². The first kappa shape index (κ1) is 8.23. The summed E-state index contributed by atoms with van der Waals surface area (Å²) in [7, 11) is 0. The Morgan fingerprint density at radius 3 is 2.89 bits per heavy atom. The molecule has 0 saturated heterocycles. The van der Waals surface area contributed by atoms with Crippen LogP contribution >= 0.6 is 12.2 Å². The number of thiocarbonyl (C=S) groups is 1. The third kappa shape index (κ3) is 7.23. The lowest BCUT2D eigenvalue weighted by Gasteiger charge is -2.01. The lowest BCUT2D eigenvalue weighted by atomic mass is 10.7. The Morgan fingerprint density at radius 1 is 1.78 bits per heavy atom. The average molecular weight is 145 g/mol. The first-order valence-electron chi connectivity index (χ1n) is 2.65. The van der Waals surface area contributed by atoms with E-state index in [0.29, 0.717) is 11.8 Å². The van der Waals surface area contributed by atoms with Crippen LogP contribution in [-0.2, 0) is 0 Å². The molecule has 4 N–H and O–H groups in total. The van der Waals surface area contributed by atoms with Gasteiger partial charge in [-0.05, 0) is 25.3 Å². The highest BCUT2D eigenvalue weighted by Crippen LogP contribution is 1.60. The molecule has 0 aromatic heterocycles. The normalized spacial score (nSPS) is 9.44. The van der Waals surface area contributed by atoms with Gasteiger partial charge in [-0.15, -0.1) is 0 Å². The lowest BCUT2D eigenvalue weighted by Crippen LogP contribution is -2.35. The minimum atomic E-state index is 0.312. The van der Waals surface area contributed by atoms with Crippen molar-refractivity contribution in [3.8, 4) is 0 Å². The predicted octanol–water partition coefficient (Wildman–Crippen LogP) is -0.0997. The van der Waals surface area contributed by atoms with Crippen molar-refractivity contribution in [1.82, 2.24) is 10.6 Å². The molecular weight excluding hydrogens is 134 g/mol. The Morgan fingerprint density at radius 2 is 2.44 bits per heavy atom. The van der Waals surface area contributed by atoms with Crippen LogP contribution in [0.25, 0.3) is 0 Å². The van der Waals surface area contributed by atoms with E-state index in [-0.39, 0.29) is 0 Å². The molecule has 0 saturated carbocycles. The molecule has 0 aromatic carbocycles. The second-order valence-electron chi connectivity index (χ2n) is 1.42. The molecule has 0 bridgehead atoms. The molecule has 0 heterocycles. The molecule has 0 fully saturated rings. The molecule has 0 rings (SSSR count). The van der Waals surface area contributed by atoms with Gasteiger partial charge in [0.05, 0.1) is 6.67 Å². The maximum Gasteiger partial charge on any atom is 0.165 e. The Kier molecular flexibility index (Phi) is 4.91. The van der Waals surface area contributed by atoms with Crippen molar-refractivity contribution in [2.75, 3.05) is 6.67 Å². The summed E-state index contributed by atoms with van der Waals surface area (Å²) in [6.45, 7) is 2.51. The van der Waals surface area contributed by atoms with Gasteiger partial charge in [0.2, 0.25) is 0 Å². The van der Waals surface area contributed by atoms with Gasteiger partial charge in [-0.25, -0.2) is 0 Å². The molecule has 0 radical (unpaired) electrons. The van der Waals surface area contributed by atoms with E-state index in [0.717, 1.165) is 0 Å². The average Bonchev–Trinajstić information content (AvgIpc) is 1.80. The van der Waals surface area contributed by atoms with Crippen molar-refractivity contribution in [2.24, 2.45) is 5.73 Å². The number of nitrogens with two attached hydrogens (primary N) is 1. The van der Waals surface area contributed by atoms with Crippen molar-refractivity contribution >= 4 is 17.3 Å². The van der Waals surface area contributed by atoms with Crippen LogP contribution in [-0.4, -0.2) is 11.8 Å². The summed E-state index contributed by atoms with van der Waals surface area (Å²) in [6.07, 6.45) is 3.70. The van der Waals surface area contributed by atoms with Gasteiger partial charge in [0.15, 0.2) is 5.11 Å². The largest absolute Gasteiger partial charge is 0.376 e. The molecule has 0 amide bonds. The summed E-state index contributed by atoms with van der Waals surface area (Å²) >= 11 is 4.55. The van der Waals surface area contributed by atoms with E-state index in [9.17, 15) is 0 Å². The fraction of sp³-hybridized carbons (Fsp3) is 0.400. The van der Waals surface area contributed by atoms with E-state index >= 15 is 0 Å². The van der Waals surface area contributed by atoms with Crippen molar-refractivity contribution in [3.05, 3.63) is 12.3 Å². The predicted molar refractivity (Wildman–Crippen MR) is 42.7 cm³/mol. The number of allylic oxidation sites excluding steroid dienone is 1. The van der Waals surface area contributed by atoms with Crippen LogP contribution < -0.4 is 16.4 Å². The molecular formula is C5H11N3S. The summed E-state index contributed by atoms with van der Waals surface area (Å²) in [5, 5.41) is 5.95. The van der Waals surface area contributed by atoms with Crippen LogP contribution in [0.1, 0.15) is 6.92 Å². The number of hydrogen-bond acceptors (Lipinski definition) is 2. The topological polar surface area (TPSA) is 50.1 Å². The smallest absolute Gasteiger partial charge is 0.165 e. The molecule has 0 aliphatic carbocycles. The maximum absolute atomic E-state index is 5.13. The zero-order valence-electron chi connectivity index (χ0n) is 5.35. The summed E-state index contributed by atoms with van der Waals surface area (Å²) in [5.41, 5.74) is 5.13. The Bertz CT molecular complexity index is 111. The van der Waals surface area contributed by atoms with Gasteiger partial charge >= 0.3 is 0 Å². The minimum Gasteiger partial charge on any atom is -0.376 e. The number of hydrogen-bond donors (Lipinski definition) is 3. The summed E-state index contributed by atoms with van der Waals surface area (Å²) < 4.78 is 0. The van der Waals surface area contributed by atoms with Gasteiger partial charge in [-0.3, -0.25) is 0 Å². The van der Waals surface area contributed by atoms with E-state index < -0.39 is 0 Å². The van der Waals surface area contributed by atoms with Crippen LogP contribution in [0, 0.1) is 0 Å². The summed E-state index contributed by atoms with van der Waals surface area (Å²) in [6, 6.07) is 0. The Labute approximate surface area is 60.3 Å². The van der Waals surface area contributed by atoms with E-state index in [1.54, 1.807) is 0 Å². The van der Waals surface area contributed by atoms with Crippen LogP contribution in [0.5, 0.6) is 0 Å². The Balaban J connectivity index is 3.01. The van der Waals surface area contributed by atoms with Crippen molar-refractivity contribution in [2.45, 2.75) is 6.92 Å². The van der Waals surface area contributed by atoms with Crippen LogP contribution in [0.3, 0.4) is 0 Å². The number of nitrogens with one attached hydrogen (secondary N) is 2. The molecule has 0 aromatic rings. The first-order valence-corrected chi connectivity index (χ1v) is 3.06. The van der Waals surface area contributed by atoms with Gasteiger partial charge in [0.1, 0.15) is 0 Å². The van der Waals surface area contributed by atoms with E-state index in [4.69, 9.17) is 5.73 Å². The van der Waals surface area contributed by atoms with Crippen molar-refractivity contribution in [1.29, 1.82) is 0 Å². The molecule has 52 valence electrons. The quantitative estimate of drug-likeness (QED) is 0.295. The fourth-order valence-electron chi connectivity index (χ4n) is 0.315. The second-order valence-corrected chi connectivity index (χ2v) is 1.86. The molecule has 3 nitrogen and oxygen atoms in total. The monoisotopic (exact) mass is 145 g/mol. The third-order valence-corrected chi connectivity index (χ3v) is 0.794. The van der Waals surface area contributed by atoms with Crippen LogP contribution in [0.15, 0.2) is 12.3 Å². The van der Waals surface area contributed by atoms with Crippen LogP contribution in [0.2, 0.25) is 0 Å². The van der Waals surface area contributed by atoms with Gasteiger partial charge in [0.25, 0.3) is 0 Å². The van der Waals surface area contributed by atoms with Gasteiger partial charge < -0.3 is 16.4 Å². The van der Waals surface area contributed by atoms with Crippen LogP contribution in [0.4, 0.5) is 0 Å². The minimum absolute atomic E-state index is 0.312. The first-order chi connectivity index (χ1) is 4.27. The fourth-order valence-corrected chi connectivity index (χ4v) is 0.387. The van der Waals surface area contributed by atoms with Gasteiger partial charge in [-0.2, -0.15) is 0 Å². The highest BCUT2D eigenvalue weighted by molar-refractivity contribution is 7.80. The van der Waals surface area contributed by atoms with Crippen molar-refractivity contribution < 1.29 is 0 Å². The van der Waals surface area contributed by atoms with Gasteiger partial charge in [-0.1, -0.05) is 6.08 Å². The standard InChI is InChI=1S/C5H11N3S/c1-2-3-7-4-8-5(6)9/h2-3,7H,4H2,1H3,(H3,6,8,9)/b3-2+. The number of rotatable bonds is 3. The molecule has 0 spiro atoms.